The van der Waals surface area contributed by atoms with Gasteiger partial charge in [-0.05, 0) is 31.0 Å². The number of amides is 1. The van der Waals surface area contributed by atoms with Crippen molar-refractivity contribution in [2.45, 2.75) is 20.3 Å². The van der Waals surface area contributed by atoms with Gasteiger partial charge in [-0.3, -0.25) is 4.79 Å². The topological polar surface area (TPSA) is 73.6 Å². The third kappa shape index (κ3) is 4.13. The van der Waals surface area contributed by atoms with Gasteiger partial charge in [0.25, 0.3) is 0 Å². The summed E-state index contributed by atoms with van der Waals surface area (Å²) in [5, 5.41) is 2.83. The molecule has 0 spiro atoms. The molecule has 0 aromatic heterocycles. The fourth-order valence-corrected chi connectivity index (χ4v) is 1.75. The number of carbonyl (C=O) groups excluding carboxylic acids is 1. The maximum Gasteiger partial charge on any atom is 0.224 e. The molecular formula is C14H22N2O3. The van der Waals surface area contributed by atoms with Crippen LogP contribution in [0.4, 0.5) is 5.69 Å². The maximum absolute atomic E-state index is 11.9. The van der Waals surface area contributed by atoms with E-state index in [0.29, 0.717) is 30.2 Å². The van der Waals surface area contributed by atoms with E-state index in [1.54, 1.807) is 20.3 Å². The molecule has 3 N–H and O–H groups in total. The van der Waals surface area contributed by atoms with Crippen LogP contribution in [-0.4, -0.2) is 26.7 Å². The Morgan fingerprint density at radius 2 is 1.95 bits per heavy atom. The number of nitrogens with two attached hydrogens (primary N) is 1. The molecule has 5 heteroatoms. The van der Waals surface area contributed by atoms with Gasteiger partial charge >= 0.3 is 0 Å². The van der Waals surface area contributed by atoms with Gasteiger partial charge < -0.3 is 20.5 Å². The van der Waals surface area contributed by atoms with Crippen molar-refractivity contribution in [3.63, 3.8) is 0 Å². The maximum atomic E-state index is 11.9. The number of benzene rings is 1. The Labute approximate surface area is 114 Å². The predicted molar refractivity (Wildman–Crippen MR) is 75.7 cm³/mol. The molecule has 1 aromatic carbocycles. The normalized spacial score (nSPS) is 11.8. The van der Waals surface area contributed by atoms with Crippen molar-refractivity contribution in [1.82, 2.24) is 0 Å². The largest absolute Gasteiger partial charge is 0.496 e. The highest BCUT2D eigenvalue weighted by Crippen LogP contribution is 2.32. The van der Waals surface area contributed by atoms with Crippen LogP contribution < -0.4 is 20.5 Å². The van der Waals surface area contributed by atoms with Gasteiger partial charge in [-0.2, -0.15) is 0 Å². The average Bonchev–Trinajstić information content (AvgIpc) is 2.39. The zero-order chi connectivity index (χ0) is 14.4. The van der Waals surface area contributed by atoms with Gasteiger partial charge in [0.2, 0.25) is 5.91 Å². The molecule has 0 saturated carbocycles. The number of hydrogen-bond acceptors (Lipinski definition) is 4. The lowest BCUT2D eigenvalue weighted by Gasteiger charge is -2.15. The highest BCUT2D eigenvalue weighted by Gasteiger charge is 2.13. The molecule has 0 aliphatic heterocycles. The third-order valence-corrected chi connectivity index (χ3v) is 2.93. The molecule has 5 nitrogen and oxygen atoms in total. The minimum atomic E-state index is -0.0813. The Bertz CT molecular complexity index is 447. The van der Waals surface area contributed by atoms with Crippen LogP contribution >= 0.6 is 0 Å². The second-order valence-electron chi connectivity index (χ2n) is 4.62. The molecule has 106 valence electrons. The van der Waals surface area contributed by atoms with Crippen molar-refractivity contribution in [2.24, 2.45) is 11.7 Å². The summed E-state index contributed by atoms with van der Waals surface area (Å²) in [6.07, 6.45) is 0.385. The fourth-order valence-electron chi connectivity index (χ4n) is 1.75. The Hall–Kier alpha value is -1.75. The lowest BCUT2D eigenvalue weighted by Crippen LogP contribution is -2.20. The molecule has 0 fully saturated rings. The molecule has 19 heavy (non-hydrogen) atoms. The van der Waals surface area contributed by atoms with E-state index in [1.807, 2.05) is 19.9 Å². The summed E-state index contributed by atoms with van der Waals surface area (Å²) in [5.74, 6) is 1.40. The quantitative estimate of drug-likeness (QED) is 0.825. The molecule has 1 rings (SSSR count). The monoisotopic (exact) mass is 266 g/mol. The van der Waals surface area contributed by atoms with Crippen LogP contribution in [0.3, 0.4) is 0 Å². The molecule has 0 radical (unpaired) electrons. The van der Waals surface area contributed by atoms with E-state index in [9.17, 15) is 4.79 Å². The van der Waals surface area contributed by atoms with Gasteiger partial charge in [0.05, 0.1) is 19.9 Å². The Morgan fingerprint density at radius 1 is 1.32 bits per heavy atom. The number of ether oxygens (including phenoxy) is 2. The molecule has 0 aliphatic rings. The molecule has 0 saturated heterocycles. The number of aryl methyl sites for hydroxylation is 1. The van der Waals surface area contributed by atoms with Crippen LogP contribution in [0.2, 0.25) is 0 Å². The van der Waals surface area contributed by atoms with Gasteiger partial charge in [-0.15, -0.1) is 0 Å². The Kier molecular flexibility index (Phi) is 5.63. The first-order valence-electron chi connectivity index (χ1n) is 6.24. The number of anilines is 1. The molecule has 1 unspecified atom stereocenters. The molecule has 1 aromatic rings. The summed E-state index contributed by atoms with van der Waals surface area (Å²) in [6.45, 7) is 4.35. The third-order valence-electron chi connectivity index (χ3n) is 2.93. The van der Waals surface area contributed by atoms with Gasteiger partial charge in [-0.1, -0.05) is 6.92 Å². The van der Waals surface area contributed by atoms with Crippen molar-refractivity contribution in [3.8, 4) is 11.5 Å². The van der Waals surface area contributed by atoms with Crippen LogP contribution in [0, 0.1) is 12.8 Å². The zero-order valence-electron chi connectivity index (χ0n) is 11.9. The molecular weight excluding hydrogens is 244 g/mol. The first-order chi connectivity index (χ1) is 9.01. The highest BCUT2D eigenvalue weighted by atomic mass is 16.5. The summed E-state index contributed by atoms with van der Waals surface area (Å²) in [4.78, 5) is 11.9. The molecule has 0 heterocycles. The second kappa shape index (κ2) is 6.99. The number of nitrogens with one attached hydrogen (secondary N) is 1. The standard InChI is InChI=1S/C14H22N2O3/c1-9(8-15)5-14(17)16-11-7-12(18-3)10(2)6-13(11)19-4/h6-7,9H,5,8,15H2,1-4H3,(H,16,17). The van der Waals surface area contributed by atoms with Gasteiger partial charge in [0.1, 0.15) is 11.5 Å². The van der Waals surface area contributed by atoms with Crippen molar-refractivity contribution < 1.29 is 14.3 Å². The second-order valence-corrected chi connectivity index (χ2v) is 4.62. The summed E-state index contributed by atoms with van der Waals surface area (Å²) in [6, 6.07) is 3.60. The molecule has 0 aliphatic carbocycles. The minimum absolute atomic E-state index is 0.0813. The number of carbonyl (C=O) groups is 1. The van der Waals surface area contributed by atoms with Crippen molar-refractivity contribution in [3.05, 3.63) is 17.7 Å². The van der Waals surface area contributed by atoms with E-state index in [4.69, 9.17) is 15.2 Å². The van der Waals surface area contributed by atoms with Crippen LogP contribution in [0.25, 0.3) is 0 Å². The SMILES string of the molecule is COc1cc(NC(=O)CC(C)CN)c(OC)cc1C. The van der Waals surface area contributed by atoms with Crippen LogP contribution in [0.15, 0.2) is 12.1 Å². The highest BCUT2D eigenvalue weighted by molar-refractivity contribution is 5.92. The molecule has 1 atom stereocenters. The summed E-state index contributed by atoms with van der Waals surface area (Å²) in [5.41, 5.74) is 7.07. The molecule has 1 amide bonds. The van der Waals surface area contributed by atoms with E-state index in [-0.39, 0.29) is 11.8 Å². The van der Waals surface area contributed by atoms with Gasteiger partial charge in [-0.25, -0.2) is 0 Å². The van der Waals surface area contributed by atoms with E-state index >= 15 is 0 Å². The first-order valence-corrected chi connectivity index (χ1v) is 6.24. The van der Waals surface area contributed by atoms with Crippen LogP contribution in [0.1, 0.15) is 18.9 Å². The Balaban J connectivity index is 2.90. The zero-order valence-corrected chi connectivity index (χ0v) is 11.9. The smallest absolute Gasteiger partial charge is 0.224 e. The van der Waals surface area contributed by atoms with Crippen molar-refractivity contribution in [2.75, 3.05) is 26.1 Å². The van der Waals surface area contributed by atoms with Crippen LogP contribution in [0.5, 0.6) is 11.5 Å². The Morgan fingerprint density at radius 3 is 2.47 bits per heavy atom. The summed E-state index contributed by atoms with van der Waals surface area (Å²) < 4.78 is 10.5. The average molecular weight is 266 g/mol. The van der Waals surface area contributed by atoms with E-state index in [0.717, 1.165) is 5.56 Å². The molecule has 0 bridgehead atoms. The van der Waals surface area contributed by atoms with E-state index in [1.165, 1.54) is 0 Å². The minimum Gasteiger partial charge on any atom is -0.496 e. The number of hydrogen-bond donors (Lipinski definition) is 2. The summed E-state index contributed by atoms with van der Waals surface area (Å²) >= 11 is 0. The van der Waals surface area contributed by atoms with Crippen LogP contribution in [-0.2, 0) is 4.79 Å². The predicted octanol–water partition coefficient (Wildman–Crippen LogP) is 1.94. The lowest BCUT2D eigenvalue weighted by atomic mass is 10.1. The van der Waals surface area contributed by atoms with Crippen molar-refractivity contribution in [1.29, 1.82) is 0 Å². The van der Waals surface area contributed by atoms with E-state index in [2.05, 4.69) is 5.32 Å². The fraction of sp³-hybridized carbons (Fsp3) is 0.500. The first kappa shape index (κ1) is 15.3. The number of methoxy groups -OCH3 is 2. The number of rotatable bonds is 6. The van der Waals surface area contributed by atoms with Gasteiger partial charge in [0, 0.05) is 12.5 Å². The lowest BCUT2D eigenvalue weighted by molar-refractivity contribution is -0.116. The van der Waals surface area contributed by atoms with E-state index < -0.39 is 0 Å². The van der Waals surface area contributed by atoms with Crippen molar-refractivity contribution >= 4 is 11.6 Å². The van der Waals surface area contributed by atoms with Gasteiger partial charge in [0.15, 0.2) is 0 Å². The summed E-state index contributed by atoms with van der Waals surface area (Å²) in [7, 11) is 3.16.